The number of pyridine rings is 1. The minimum absolute atomic E-state index is 0.0888. The second-order valence-electron chi connectivity index (χ2n) is 7.18. The zero-order chi connectivity index (χ0) is 20.8. The van der Waals surface area contributed by atoms with Crippen LogP contribution in [-0.2, 0) is 9.53 Å². The molecule has 0 spiro atoms. The molecule has 29 heavy (non-hydrogen) atoms. The van der Waals surface area contributed by atoms with E-state index in [1.165, 1.54) is 12.6 Å². The van der Waals surface area contributed by atoms with Gasteiger partial charge in [0.05, 0.1) is 11.3 Å². The van der Waals surface area contributed by atoms with E-state index in [-0.39, 0.29) is 11.6 Å². The smallest absolute Gasteiger partial charge is 0.340 e. The Balaban J connectivity index is 1.46. The second kappa shape index (κ2) is 9.31. The van der Waals surface area contributed by atoms with Crippen molar-refractivity contribution >= 4 is 17.9 Å². The first-order chi connectivity index (χ1) is 13.9. The number of carbonyl (C=O) groups is 3. The molecule has 9 heteroatoms. The van der Waals surface area contributed by atoms with Crippen molar-refractivity contribution in [3.05, 3.63) is 41.3 Å². The standard InChI is InChI=1S/C20H25N5O4/c1-13-10-14(2)25(24-13)17-9-8-15(11-21-17)19(27)29-12-18(26)23-20(28)22-16-6-4-3-5-7-16/h8-11,16H,3-7,12H2,1-2H3,(H2,22,23,26,28). The Morgan fingerprint density at radius 3 is 2.55 bits per heavy atom. The Bertz CT molecular complexity index is 885. The van der Waals surface area contributed by atoms with E-state index < -0.39 is 24.5 Å². The number of aromatic nitrogens is 3. The molecule has 1 aliphatic carbocycles. The van der Waals surface area contributed by atoms with Crippen LogP contribution in [0.1, 0.15) is 53.8 Å². The van der Waals surface area contributed by atoms with E-state index in [2.05, 4.69) is 20.7 Å². The number of aryl methyl sites for hydroxylation is 2. The summed E-state index contributed by atoms with van der Waals surface area (Å²) in [6, 6.07) is 4.65. The van der Waals surface area contributed by atoms with Gasteiger partial charge in [0.25, 0.3) is 5.91 Å². The van der Waals surface area contributed by atoms with Crippen molar-refractivity contribution in [3.8, 4) is 5.82 Å². The molecule has 2 aromatic rings. The van der Waals surface area contributed by atoms with Gasteiger partial charge in [-0.3, -0.25) is 10.1 Å². The fourth-order valence-electron chi connectivity index (χ4n) is 3.34. The highest BCUT2D eigenvalue weighted by atomic mass is 16.5. The third-order valence-corrected chi connectivity index (χ3v) is 4.74. The lowest BCUT2D eigenvalue weighted by molar-refractivity contribution is -0.123. The van der Waals surface area contributed by atoms with Gasteiger partial charge in [-0.1, -0.05) is 19.3 Å². The highest BCUT2D eigenvalue weighted by Gasteiger charge is 2.18. The summed E-state index contributed by atoms with van der Waals surface area (Å²) in [7, 11) is 0. The third kappa shape index (κ3) is 5.63. The molecule has 2 heterocycles. The van der Waals surface area contributed by atoms with E-state index in [9.17, 15) is 14.4 Å². The second-order valence-corrected chi connectivity index (χ2v) is 7.18. The molecule has 1 aliphatic rings. The molecule has 1 fully saturated rings. The summed E-state index contributed by atoms with van der Waals surface area (Å²) >= 11 is 0. The van der Waals surface area contributed by atoms with Gasteiger partial charge in [0, 0.05) is 17.9 Å². The SMILES string of the molecule is Cc1cc(C)n(-c2ccc(C(=O)OCC(=O)NC(=O)NC3CCCCC3)cn2)n1. The van der Waals surface area contributed by atoms with Crippen molar-refractivity contribution < 1.29 is 19.1 Å². The van der Waals surface area contributed by atoms with Crippen LogP contribution in [0.15, 0.2) is 24.4 Å². The molecule has 3 amide bonds. The van der Waals surface area contributed by atoms with Crippen LogP contribution in [0.5, 0.6) is 0 Å². The van der Waals surface area contributed by atoms with Gasteiger partial charge in [-0.15, -0.1) is 0 Å². The summed E-state index contributed by atoms with van der Waals surface area (Å²) < 4.78 is 6.63. The number of carbonyl (C=O) groups excluding carboxylic acids is 3. The summed E-state index contributed by atoms with van der Waals surface area (Å²) in [6.45, 7) is 3.25. The number of urea groups is 1. The maximum absolute atomic E-state index is 12.1. The first-order valence-electron chi connectivity index (χ1n) is 9.69. The summed E-state index contributed by atoms with van der Waals surface area (Å²) in [5.74, 6) is -0.802. The molecule has 3 rings (SSSR count). The predicted molar refractivity (Wildman–Crippen MR) is 105 cm³/mol. The van der Waals surface area contributed by atoms with Gasteiger partial charge in [0.2, 0.25) is 0 Å². The van der Waals surface area contributed by atoms with E-state index in [1.807, 2.05) is 19.9 Å². The van der Waals surface area contributed by atoms with E-state index >= 15 is 0 Å². The zero-order valence-electron chi connectivity index (χ0n) is 16.6. The molecule has 154 valence electrons. The van der Waals surface area contributed by atoms with Crippen LogP contribution in [0.3, 0.4) is 0 Å². The van der Waals surface area contributed by atoms with Gasteiger partial charge in [0.1, 0.15) is 0 Å². The third-order valence-electron chi connectivity index (χ3n) is 4.74. The van der Waals surface area contributed by atoms with Gasteiger partial charge < -0.3 is 10.1 Å². The van der Waals surface area contributed by atoms with Crippen LogP contribution in [-0.4, -0.2) is 45.3 Å². The molecule has 2 aromatic heterocycles. The largest absolute Gasteiger partial charge is 0.452 e. The lowest BCUT2D eigenvalue weighted by Gasteiger charge is -2.22. The van der Waals surface area contributed by atoms with E-state index in [0.717, 1.165) is 37.1 Å². The van der Waals surface area contributed by atoms with Crippen molar-refractivity contribution in [1.29, 1.82) is 0 Å². The molecule has 2 N–H and O–H groups in total. The van der Waals surface area contributed by atoms with Gasteiger partial charge in [0.15, 0.2) is 12.4 Å². The minimum atomic E-state index is -0.694. The van der Waals surface area contributed by atoms with Gasteiger partial charge in [-0.05, 0) is 44.9 Å². The van der Waals surface area contributed by atoms with Gasteiger partial charge in [-0.2, -0.15) is 5.10 Å². The highest BCUT2D eigenvalue weighted by molar-refractivity contribution is 5.97. The van der Waals surface area contributed by atoms with E-state index in [4.69, 9.17) is 4.74 Å². The molecular formula is C20H25N5O4. The zero-order valence-corrected chi connectivity index (χ0v) is 16.6. The number of amides is 3. The highest BCUT2D eigenvalue weighted by Crippen LogP contribution is 2.17. The number of imide groups is 1. The lowest BCUT2D eigenvalue weighted by Crippen LogP contribution is -2.46. The van der Waals surface area contributed by atoms with Crippen LogP contribution in [0.25, 0.3) is 5.82 Å². The molecule has 0 radical (unpaired) electrons. The normalized spacial score (nSPS) is 14.3. The van der Waals surface area contributed by atoms with Crippen molar-refractivity contribution in [2.75, 3.05) is 6.61 Å². The number of nitrogens with zero attached hydrogens (tertiary/aromatic N) is 3. The molecule has 0 atom stereocenters. The molecule has 0 aromatic carbocycles. The number of hydrogen-bond donors (Lipinski definition) is 2. The lowest BCUT2D eigenvalue weighted by atomic mass is 9.96. The van der Waals surface area contributed by atoms with Crippen LogP contribution in [0, 0.1) is 13.8 Å². The molecule has 0 bridgehead atoms. The summed E-state index contributed by atoms with van der Waals surface area (Å²) in [5, 5.41) is 9.28. The number of ether oxygens (including phenoxy) is 1. The van der Waals surface area contributed by atoms with Crippen LogP contribution in [0.2, 0.25) is 0 Å². The topological polar surface area (TPSA) is 115 Å². The Kier molecular flexibility index (Phi) is 6.58. The fourth-order valence-corrected chi connectivity index (χ4v) is 3.34. The quantitative estimate of drug-likeness (QED) is 0.745. The van der Waals surface area contributed by atoms with Crippen molar-refractivity contribution in [1.82, 2.24) is 25.4 Å². The summed E-state index contributed by atoms with van der Waals surface area (Å²) in [5.41, 5.74) is 1.99. The van der Waals surface area contributed by atoms with E-state index in [0.29, 0.717) is 5.82 Å². The minimum Gasteiger partial charge on any atom is -0.452 e. The number of nitrogens with one attached hydrogen (secondary N) is 2. The van der Waals surface area contributed by atoms with E-state index in [1.54, 1.807) is 16.8 Å². The van der Waals surface area contributed by atoms with Crippen molar-refractivity contribution in [3.63, 3.8) is 0 Å². The average molecular weight is 399 g/mol. The van der Waals surface area contributed by atoms with Crippen LogP contribution >= 0.6 is 0 Å². The van der Waals surface area contributed by atoms with Crippen LogP contribution in [0.4, 0.5) is 4.79 Å². The van der Waals surface area contributed by atoms with Crippen molar-refractivity contribution in [2.24, 2.45) is 0 Å². The summed E-state index contributed by atoms with van der Waals surface area (Å²) in [6.07, 6.45) is 6.51. The van der Waals surface area contributed by atoms with Gasteiger partial charge >= 0.3 is 12.0 Å². The molecule has 0 unspecified atom stereocenters. The Labute approximate surface area is 168 Å². The number of rotatable bonds is 5. The average Bonchev–Trinajstić information content (AvgIpc) is 3.05. The Morgan fingerprint density at radius 2 is 1.93 bits per heavy atom. The summed E-state index contributed by atoms with van der Waals surface area (Å²) in [4.78, 5) is 40.0. The molecule has 9 nitrogen and oxygen atoms in total. The first-order valence-corrected chi connectivity index (χ1v) is 9.69. The maximum atomic E-state index is 12.1. The predicted octanol–water partition coefficient (Wildman–Crippen LogP) is 2.20. The molecule has 0 saturated heterocycles. The maximum Gasteiger partial charge on any atom is 0.340 e. The van der Waals surface area contributed by atoms with Gasteiger partial charge in [-0.25, -0.2) is 19.3 Å². The first kappa shape index (κ1) is 20.5. The number of hydrogen-bond acceptors (Lipinski definition) is 6. The van der Waals surface area contributed by atoms with Crippen molar-refractivity contribution in [2.45, 2.75) is 52.0 Å². The fraction of sp³-hybridized carbons (Fsp3) is 0.450. The Morgan fingerprint density at radius 1 is 1.17 bits per heavy atom. The monoisotopic (exact) mass is 399 g/mol. The molecule has 1 saturated carbocycles. The Hall–Kier alpha value is -3.23. The molecular weight excluding hydrogens is 374 g/mol. The van der Waals surface area contributed by atoms with Crippen LogP contribution < -0.4 is 10.6 Å². The number of esters is 1. The molecule has 0 aliphatic heterocycles.